The quantitative estimate of drug-likeness (QED) is 0.860. The number of likely N-dealkylation sites (tertiary alicyclic amines) is 1. The topological polar surface area (TPSA) is 62.2 Å². The van der Waals surface area contributed by atoms with Gasteiger partial charge in [-0.2, -0.15) is 0 Å². The summed E-state index contributed by atoms with van der Waals surface area (Å²) in [6, 6.07) is 7.46. The number of benzene rings is 1. The number of nitrogens with zero attached hydrogens (tertiary/aromatic N) is 2. The summed E-state index contributed by atoms with van der Waals surface area (Å²) in [5.41, 5.74) is -1.06. The van der Waals surface area contributed by atoms with Crippen LogP contribution in [-0.4, -0.2) is 78.5 Å². The molecule has 0 saturated carbocycles. The van der Waals surface area contributed by atoms with E-state index in [1.54, 1.807) is 31.2 Å². The Morgan fingerprint density at radius 1 is 1.31 bits per heavy atom. The average molecular weight is 383 g/mol. The van der Waals surface area contributed by atoms with E-state index in [2.05, 4.69) is 4.90 Å². The van der Waals surface area contributed by atoms with Crippen LogP contribution in [0.5, 0.6) is 5.75 Å². The first kappa shape index (κ1) is 19.4. The molecule has 7 heteroatoms. The molecule has 144 valence electrons. The summed E-state index contributed by atoms with van der Waals surface area (Å²) < 4.78 is 11.4. The Morgan fingerprint density at radius 2 is 2.00 bits per heavy atom. The van der Waals surface area contributed by atoms with Crippen LogP contribution in [0.4, 0.5) is 0 Å². The lowest BCUT2D eigenvalue weighted by Crippen LogP contribution is -2.53. The zero-order chi connectivity index (χ0) is 18.6. The number of hydrogen-bond acceptors (Lipinski definition) is 5. The molecule has 1 atom stereocenters. The van der Waals surface area contributed by atoms with E-state index in [4.69, 9.17) is 21.1 Å². The van der Waals surface area contributed by atoms with Gasteiger partial charge in [0.05, 0.1) is 13.2 Å². The number of rotatable bonds is 4. The van der Waals surface area contributed by atoms with Crippen molar-refractivity contribution in [2.75, 3.05) is 46.0 Å². The Balaban J connectivity index is 1.57. The zero-order valence-corrected chi connectivity index (χ0v) is 16.0. The summed E-state index contributed by atoms with van der Waals surface area (Å²) in [6.07, 6.45) is 1.85. The molecule has 2 aliphatic rings. The Kier molecular flexibility index (Phi) is 6.40. The van der Waals surface area contributed by atoms with Crippen molar-refractivity contribution in [1.29, 1.82) is 0 Å². The summed E-state index contributed by atoms with van der Waals surface area (Å²) in [5, 5.41) is 11.7. The Morgan fingerprint density at radius 3 is 2.65 bits per heavy atom. The first-order valence-corrected chi connectivity index (χ1v) is 9.51. The van der Waals surface area contributed by atoms with Gasteiger partial charge in [-0.05, 0) is 37.1 Å². The molecule has 3 rings (SSSR count). The lowest BCUT2D eigenvalue weighted by molar-refractivity contribution is -0.130. The van der Waals surface area contributed by atoms with Crippen LogP contribution in [0.3, 0.4) is 0 Å². The van der Waals surface area contributed by atoms with Crippen molar-refractivity contribution in [3.05, 3.63) is 29.3 Å². The van der Waals surface area contributed by atoms with Crippen LogP contribution < -0.4 is 4.74 Å². The SMILES string of the molecule is CC(=O)N1CCC(N2CCOCC(O)(COc3ccc(Cl)cc3)C2)CC1. The van der Waals surface area contributed by atoms with E-state index >= 15 is 0 Å². The molecule has 0 spiro atoms. The average Bonchev–Trinajstić information content (AvgIpc) is 2.84. The van der Waals surface area contributed by atoms with Crippen molar-refractivity contribution in [3.63, 3.8) is 0 Å². The van der Waals surface area contributed by atoms with Crippen LogP contribution in [0.1, 0.15) is 19.8 Å². The fourth-order valence-electron chi connectivity index (χ4n) is 3.64. The van der Waals surface area contributed by atoms with Gasteiger partial charge in [-0.3, -0.25) is 9.69 Å². The number of amides is 1. The second kappa shape index (κ2) is 8.57. The van der Waals surface area contributed by atoms with E-state index in [0.717, 1.165) is 32.5 Å². The van der Waals surface area contributed by atoms with Crippen LogP contribution in [-0.2, 0) is 9.53 Å². The zero-order valence-electron chi connectivity index (χ0n) is 15.2. The smallest absolute Gasteiger partial charge is 0.219 e. The minimum atomic E-state index is -1.06. The molecule has 2 fully saturated rings. The molecule has 1 unspecified atom stereocenters. The molecule has 1 N–H and O–H groups in total. The van der Waals surface area contributed by atoms with E-state index in [1.807, 2.05) is 4.90 Å². The van der Waals surface area contributed by atoms with Crippen molar-refractivity contribution < 1.29 is 19.4 Å². The largest absolute Gasteiger partial charge is 0.490 e. The highest BCUT2D eigenvalue weighted by atomic mass is 35.5. The second-order valence-corrected chi connectivity index (χ2v) is 7.66. The third kappa shape index (κ3) is 5.10. The highest BCUT2D eigenvalue weighted by Crippen LogP contribution is 2.23. The molecule has 1 amide bonds. The van der Waals surface area contributed by atoms with Crippen molar-refractivity contribution in [3.8, 4) is 5.75 Å². The number of carbonyl (C=O) groups is 1. The fraction of sp³-hybridized carbons (Fsp3) is 0.632. The number of piperidine rings is 1. The minimum Gasteiger partial charge on any atom is -0.490 e. The predicted octanol–water partition coefficient (Wildman–Crippen LogP) is 1.79. The lowest BCUT2D eigenvalue weighted by Gasteiger charge is -2.40. The first-order chi connectivity index (χ1) is 12.5. The van der Waals surface area contributed by atoms with Crippen molar-refractivity contribution in [1.82, 2.24) is 9.80 Å². The summed E-state index contributed by atoms with van der Waals surface area (Å²) >= 11 is 5.89. The predicted molar refractivity (Wildman–Crippen MR) is 99.6 cm³/mol. The molecule has 0 radical (unpaired) electrons. The molecule has 0 aliphatic carbocycles. The standard InChI is InChI=1S/C19H27ClN2O4/c1-15(23)21-8-6-17(7-9-21)22-10-11-25-13-19(24,12-22)14-26-18-4-2-16(20)3-5-18/h2-5,17,24H,6-14H2,1H3. The van der Waals surface area contributed by atoms with Gasteiger partial charge in [-0.25, -0.2) is 0 Å². The summed E-state index contributed by atoms with van der Waals surface area (Å²) in [6.45, 7) is 5.47. The third-order valence-corrected chi connectivity index (χ3v) is 5.39. The highest BCUT2D eigenvalue weighted by molar-refractivity contribution is 6.30. The number of hydrogen-bond donors (Lipinski definition) is 1. The first-order valence-electron chi connectivity index (χ1n) is 9.13. The van der Waals surface area contributed by atoms with Gasteiger partial charge in [-0.15, -0.1) is 0 Å². The maximum atomic E-state index is 11.5. The molecule has 0 bridgehead atoms. The van der Waals surface area contributed by atoms with Gasteiger partial charge in [0.2, 0.25) is 5.91 Å². The van der Waals surface area contributed by atoms with Crippen molar-refractivity contribution in [2.45, 2.75) is 31.4 Å². The molecule has 1 aromatic rings. The summed E-state index contributed by atoms with van der Waals surface area (Å²) in [7, 11) is 0. The van der Waals surface area contributed by atoms with Gasteiger partial charge < -0.3 is 19.5 Å². The molecule has 2 heterocycles. The molecule has 2 saturated heterocycles. The monoisotopic (exact) mass is 382 g/mol. The Labute approximate surface area is 159 Å². The van der Waals surface area contributed by atoms with Crippen molar-refractivity contribution in [2.24, 2.45) is 0 Å². The maximum Gasteiger partial charge on any atom is 0.219 e. The number of halogens is 1. The van der Waals surface area contributed by atoms with Gasteiger partial charge >= 0.3 is 0 Å². The molecule has 0 aromatic heterocycles. The highest BCUT2D eigenvalue weighted by Gasteiger charge is 2.37. The maximum absolute atomic E-state index is 11.5. The Hall–Kier alpha value is -1.34. The fourth-order valence-corrected chi connectivity index (χ4v) is 3.77. The molecule has 6 nitrogen and oxygen atoms in total. The summed E-state index contributed by atoms with van der Waals surface area (Å²) in [4.78, 5) is 15.7. The molecular weight excluding hydrogens is 356 g/mol. The van der Waals surface area contributed by atoms with Gasteiger partial charge in [0.25, 0.3) is 0 Å². The van der Waals surface area contributed by atoms with Crippen LogP contribution >= 0.6 is 11.6 Å². The van der Waals surface area contributed by atoms with Crippen molar-refractivity contribution >= 4 is 17.5 Å². The lowest BCUT2D eigenvalue weighted by atomic mass is 9.99. The number of β-amino-alcohol motifs (C(OH)–C–C–N with tert-alkyl or cyclic N) is 1. The molecule has 1 aromatic carbocycles. The van der Waals surface area contributed by atoms with Gasteiger partial charge in [0, 0.05) is 44.2 Å². The molecule has 26 heavy (non-hydrogen) atoms. The van der Waals surface area contributed by atoms with Crippen LogP contribution in [0.25, 0.3) is 0 Å². The van der Waals surface area contributed by atoms with Gasteiger partial charge in [0.15, 0.2) is 0 Å². The second-order valence-electron chi connectivity index (χ2n) is 7.23. The number of aliphatic hydroxyl groups is 1. The normalized spacial score (nSPS) is 25.7. The number of carbonyl (C=O) groups excluding carboxylic acids is 1. The van der Waals surface area contributed by atoms with Crippen LogP contribution in [0, 0.1) is 0 Å². The third-order valence-electron chi connectivity index (χ3n) is 5.14. The minimum absolute atomic E-state index is 0.135. The van der Waals surface area contributed by atoms with Crippen LogP contribution in [0.2, 0.25) is 5.02 Å². The van der Waals surface area contributed by atoms with E-state index < -0.39 is 5.60 Å². The van der Waals surface area contributed by atoms with E-state index in [-0.39, 0.29) is 19.1 Å². The van der Waals surface area contributed by atoms with E-state index in [0.29, 0.717) is 30.0 Å². The van der Waals surface area contributed by atoms with E-state index in [9.17, 15) is 9.90 Å². The number of ether oxygens (including phenoxy) is 2. The molecule has 2 aliphatic heterocycles. The van der Waals surface area contributed by atoms with E-state index in [1.165, 1.54) is 0 Å². The molecular formula is C19H27ClN2O4. The summed E-state index contributed by atoms with van der Waals surface area (Å²) in [5.74, 6) is 0.809. The van der Waals surface area contributed by atoms with Gasteiger partial charge in [0.1, 0.15) is 18.0 Å². The van der Waals surface area contributed by atoms with Crippen LogP contribution in [0.15, 0.2) is 24.3 Å². The Bertz CT molecular complexity index is 604. The van der Waals surface area contributed by atoms with Gasteiger partial charge in [-0.1, -0.05) is 11.6 Å².